The molecule has 0 fully saturated rings. The Morgan fingerprint density at radius 2 is 1.89 bits per heavy atom. The van der Waals surface area contributed by atoms with Crippen LogP contribution in [0.5, 0.6) is 5.75 Å². The van der Waals surface area contributed by atoms with Crippen LogP contribution in [0.2, 0.25) is 0 Å². The zero-order valence-electron chi connectivity index (χ0n) is 15.1. The van der Waals surface area contributed by atoms with Crippen LogP contribution in [-0.2, 0) is 0 Å². The molecule has 3 rings (SSSR count). The summed E-state index contributed by atoms with van der Waals surface area (Å²) >= 11 is 0. The van der Waals surface area contributed by atoms with Gasteiger partial charge < -0.3 is 15.0 Å². The summed E-state index contributed by atoms with van der Waals surface area (Å²) in [6.07, 6.45) is 0.803. The highest BCUT2D eigenvalue weighted by atomic mass is 19.3. The predicted molar refractivity (Wildman–Crippen MR) is 98.8 cm³/mol. The number of benzene rings is 2. The maximum atomic E-state index is 12.8. The first-order chi connectivity index (χ1) is 13.0. The molecule has 5 nitrogen and oxygen atoms in total. The third-order valence-electron chi connectivity index (χ3n) is 4.55. The average Bonchev–Trinajstić information content (AvgIpc) is 3.09. The minimum atomic E-state index is -3.00. The second kappa shape index (κ2) is 8.16. The number of amides is 1. The zero-order chi connectivity index (χ0) is 19.4. The van der Waals surface area contributed by atoms with Gasteiger partial charge in [0.05, 0.1) is 22.6 Å². The number of carbonyl (C=O) groups is 1. The standard InChI is InChI=1S/C20H21F2N3O2/c1-3-12(2)17(18-23-14-9-5-6-10-15(14)24-18)25-19(26)13-8-4-7-11-16(13)27-20(21)22/h4-12,17,20H,3H2,1-2H3,(H,23,24)(H,25,26). The summed E-state index contributed by atoms with van der Waals surface area (Å²) < 4.78 is 29.7. The van der Waals surface area contributed by atoms with E-state index >= 15 is 0 Å². The molecule has 0 aliphatic rings. The van der Waals surface area contributed by atoms with Crippen LogP contribution in [0.4, 0.5) is 8.78 Å². The molecule has 142 valence electrons. The Kier molecular flexibility index (Phi) is 5.69. The summed E-state index contributed by atoms with van der Waals surface area (Å²) in [6.45, 7) is 1.01. The Hall–Kier alpha value is -2.96. The van der Waals surface area contributed by atoms with Crippen molar-refractivity contribution in [2.75, 3.05) is 0 Å². The van der Waals surface area contributed by atoms with Crippen molar-refractivity contribution in [1.82, 2.24) is 15.3 Å². The molecule has 0 spiro atoms. The number of rotatable bonds is 7. The number of halogens is 2. The first-order valence-corrected chi connectivity index (χ1v) is 8.79. The monoisotopic (exact) mass is 373 g/mol. The molecule has 7 heteroatoms. The van der Waals surface area contributed by atoms with Gasteiger partial charge in [0.25, 0.3) is 5.91 Å². The van der Waals surface area contributed by atoms with E-state index < -0.39 is 18.6 Å². The van der Waals surface area contributed by atoms with Crippen LogP contribution in [0.1, 0.15) is 42.5 Å². The first-order valence-electron chi connectivity index (χ1n) is 8.79. The van der Waals surface area contributed by atoms with Gasteiger partial charge in [0.15, 0.2) is 0 Å². The highest BCUT2D eigenvalue weighted by molar-refractivity contribution is 5.97. The van der Waals surface area contributed by atoms with Gasteiger partial charge in [-0.3, -0.25) is 4.79 Å². The number of alkyl halides is 2. The molecule has 0 aliphatic carbocycles. The molecule has 1 aromatic heterocycles. The quantitative estimate of drug-likeness (QED) is 0.632. The van der Waals surface area contributed by atoms with E-state index in [0.717, 1.165) is 17.5 Å². The van der Waals surface area contributed by atoms with Gasteiger partial charge in [-0.15, -0.1) is 0 Å². The van der Waals surface area contributed by atoms with Crippen molar-refractivity contribution in [3.8, 4) is 5.75 Å². The number of H-pyrrole nitrogens is 1. The number of carbonyl (C=O) groups excluding carboxylic acids is 1. The molecule has 2 aromatic carbocycles. The van der Waals surface area contributed by atoms with Gasteiger partial charge in [0.1, 0.15) is 11.6 Å². The molecule has 0 saturated carbocycles. The van der Waals surface area contributed by atoms with E-state index in [0.29, 0.717) is 5.82 Å². The summed E-state index contributed by atoms with van der Waals surface area (Å²) in [7, 11) is 0. The Balaban J connectivity index is 1.90. The summed E-state index contributed by atoms with van der Waals surface area (Å²) in [5, 5.41) is 2.92. The number of ether oxygens (including phenoxy) is 1. The third-order valence-corrected chi connectivity index (χ3v) is 4.55. The van der Waals surface area contributed by atoms with Crippen molar-refractivity contribution < 1.29 is 18.3 Å². The SMILES string of the molecule is CCC(C)C(NC(=O)c1ccccc1OC(F)F)c1nc2ccccc2[nH]1. The van der Waals surface area contributed by atoms with E-state index in [-0.39, 0.29) is 17.2 Å². The van der Waals surface area contributed by atoms with Crippen LogP contribution in [0, 0.1) is 5.92 Å². The second-order valence-corrected chi connectivity index (χ2v) is 6.35. The molecule has 1 amide bonds. The number of nitrogens with zero attached hydrogens (tertiary/aromatic N) is 1. The van der Waals surface area contributed by atoms with Crippen molar-refractivity contribution in [2.45, 2.75) is 32.9 Å². The fraction of sp³-hybridized carbons (Fsp3) is 0.300. The summed E-state index contributed by atoms with van der Waals surface area (Å²) in [5.41, 5.74) is 1.73. The largest absolute Gasteiger partial charge is 0.434 e. The Labute approximate surface area is 155 Å². The van der Waals surface area contributed by atoms with Crippen molar-refractivity contribution >= 4 is 16.9 Å². The lowest BCUT2D eigenvalue weighted by Gasteiger charge is -2.23. The molecule has 1 heterocycles. The molecule has 2 unspecified atom stereocenters. The van der Waals surface area contributed by atoms with E-state index in [2.05, 4.69) is 20.0 Å². The average molecular weight is 373 g/mol. The van der Waals surface area contributed by atoms with Gasteiger partial charge in [0.2, 0.25) is 0 Å². The maximum Gasteiger partial charge on any atom is 0.387 e. The number of imidazole rings is 1. The van der Waals surface area contributed by atoms with Gasteiger partial charge in [0, 0.05) is 0 Å². The topological polar surface area (TPSA) is 67.0 Å². The van der Waals surface area contributed by atoms with Crippen LogP contribution in [0.25, 0.3) is 11.0 Å². The number of nitrogens with one attached hydrogen (secondary N) is 2. The van der Waals surface area contributed by atoms with Crippen LogP contribution >= 0.6 is 0 Å². The van der Waals surface area contributed by atoms with E-state index in [1.165, 1.54) is 12.1 Å². The number of para-hydroxylation sites is 3. The summed E-state index contributed by atoms with van der Waals surface area (Å²) in [6, 6.07) is 13.1. The zero-order valence-corrected chi connectivity index (χ0v) is 15.1. The minimum absolute atomic E-state index is 0.0576. The second-order valence-electron chi connectivity index (χ2n) is 6.35. The number of hydrogen-bond acceptors (Lipinski definition) is 3. The Bertz CT molecular complexity index is 893. The lowest BCUT2D eigenvalue weighted by atomic mass is 9.98. The highest BCUT2D eigenvalue weighted by Gasteiger charge is 2.25. The van der Waals surface area contributed by atoms with E-state index in [9.17, 15) is 13.6 Å². The van der Waals surface area contributed by atoms with Gasteiger partial charge in [-0.25, -0.2) is 4.98 Å². The van der Waals surface area contributed by atoms with Crippen LogP contribution < -0.4 is 10.1 Å². The molecular weight excluding hydrogens is 352 g/mol. The van der Waals surface area contributed by atoms with Gasteiger partial charge in [-0.2, -0.15) is 8.78 Å². The lowest BCUT2D eigenvalue weighted by Crippen LogP contribution is -2.33. The molecule has 2 atom stereocenters. The fourth-order valence-electron chi connectivity index (χ4n) is 2.91. The normalized spacial score (nSPS) is 13.5. The molecule has 0 saturated heterocycles. The summed E-state index contributed by atoms with van der Waals surface area (Å²) in [5.74, 6) is 0.0679. The van der Waals surface area contributed by atoms with Crippen molar-refractivity contribution in [3.05, 3.63) is 59.9 Å². The van der Waals surface area contributed by atoms with Gasteiger partial charge in [-0.05, 0) is 30.2 Å². The van der Waals surface area contributed by atoms with Crippen LogP contribution in [0.3, 0.4) is 0 Å². The molecule has 0 aliphatic heterocycles. The van der Waals surface area contributed by atoms with Crippen LogP contribution in [-0.4, -0.2) is 22.5 Å². The molecular formula is C20H21F2N3O2. The minimum Gasteiger partial charge on any atom is -0.434 e. The fourth-order valence-corrected chi connectivity index (χ4v) is 2.91. The van der Waals surface area contributed by atoms with E-state index in [1.54, 1.807) is 12.1 Å². The summed E-state index contributed by atoms with van der Waals surface area (Å²) in [4.78, 5) is 20.6. The Morgan fingerprint density at radius 1 is 1.19 bits per heavy atom. The van der Waals surface area contributed by atoms with Crippen molar-refractivity contribution in [1.29, 1.82) is 0 Å². The van der Waals surface area contributed by atoms with Crippen LogP contribution in [0.15, 0.2) is 48.5 Å². The molecule has 3 aromatic rings. The number of hydrogen-bond donors (Lipinski definition) is 2. The van der Waals surface area contributed by atoms with E-state index in [1.807, 2.05) is 38.1 Å². The smallest absolute Gasteiger partial charge is 0.387 e. The first kappa shape index (κ1) is 18.8. The van der Waals surface area contributed by atoms with Gasteiger partial charge >= 0.3 is 6.61 Å². The number of aromatic nitrogens is 2. The highest BCUT2D eigenvalue weighted by Crippen LogP contribution is 2.27. The number of aromatic amines is 1. The predicted octanol–water partition coefficient (Wildman–Crippen LogP) is 4.68. The van der Waals surface area contributed by atoms with Crippen molar-refractivity contribution in [2.24, 2.45) is 5.92 Å². The van der Waals surface area contributed by atoms with E-state index in [4.69, 9.17) is 0 Å². The molecule has 27 heavy (non-hydrogen) atoms. The van der Waals surface area contributed by atoms with Gasteiger partial charge in [-0.1, -0.05) is 44.5 Å². The molecule has 0 radical (unpaired) electrons. The molecule has 2 N–H and O–H groups in total. The van der Waals surface area contributed by atoms with Crippen molar-refractivity contribution in [3.63, 3.8) is 0 Å². The maximum absolute atomic E-state index is 12.8. The molecule has 0 bridgehead atoms. The third kappa shape index (κ3) is 4.24. The Morgan fingerprint density at radius 3 is 2.59 bits per heavy atom. The lowest BCUT2D eigenvalue weighted by molar-refractivity contribution is -0.0501. The number of fused-ring (bicyclic) bond motifs is 1.